The predicted octanol–water partition coefficient (Wildman–Crippen LogP) is 3.34. The number of aliphatic carboxylic acids is 3. The van der Waals surface area contributed by atoms with E-state index in [1.165, 1.54) is 11.8 Å². The SMILES string of the molecule is CC(=O)O[C@@H](CCCN(Cc1ccccc1)C(=O)[C@H]1[C@@H](C(=O)O)[C@H](C(=O)O)[C@@H]1C(=O)O)[C@@H](C)Cc1ccccc1. The third-order valence-corrected chi connectivity index (χ3v) is 7.49. The standard InChI is InChI=1S/C30H35NO9/c1-18(16-20-10-5-3-6-11-20)22(40-19(2)32)14-9-15-31(17-21-12-7-4-8-13-21)27(33)23-24(28(34)35)26(30(38)39)25(23)29(36)37/h3-8,10-13,18,22-26H,9,14-17H2,1-2H3,(H,34,35)(H,36,37)(H,38,39)/t18-,22-,23-,24+,25+,26-/m0/s1. The zero-order valence-electron chi connectivity index (χ0n) is 22.5. The Kier molecular flexibility index (Phi) is 10.4. The highest BCUT2D eigenvalue weighted by Gasteiger charge is 2.64. The molecule has 0 spiro atoms. The monoisotopic (exact) mass is 553 g/mol. The Balaban J connectivity index is 1.79. The number of esters is 1. The van der Waals surface area contributed by atoms with Crippen LogP contribution in [0.3, 0.4) is 0 Å². The molecule has 0 saturated heterocycles. The van der Waals surface area contributed by atoms with Gasteiger partial charge in [-0.2, -0.15) is 0 Å². The van der Waals surface area contributed by atoms with Gasteiger partial charge in [0.15, 0.2) is 0 Å². The summed E-state index contributed by atoms with van der Waals surface area (Å²) in [6.45, 7) is 3.53. The fourth-order valence-corrected chi connectivity index (χ4v) is 5.53. The van der Waals surface area contributed by atoms with Crippen molar-refractivity contribution in [1.29, 1.82) is 0 Å². The number of benzene rings is 2. The van der Waals surface area contributed by atoms with Gasteiger partial charge < -0.3 is 25.0 Å². The van der Waals surface area contributed by atoms with Gasteiger partial charge in [0.25, 0.3) is 0 Å². The quantitative estimate of drug-likeness (QED) is 0.298. The summed E-state index contributed by atoms with van der Waals surface area (Å²) < 4.78 is 5.60. The van der Waals surface area contributed by atoms with Crippen molar-refractivity contribution >= 4 is 29.8 Å². The minimum absolute atomic E-state index is 0.0275. The first-order chi connectivity index (χ1) is 19.0. The van der Waals surface area contributed by atoms with Crippen LogP contribution in [-0.4, -0.2) is 62.7 Å². The molecule has 1 aliphatic rings. The summed E-state index contributed by atoms with van der Waals surface area (Å²) in [5.74, 6) is -12.3. The summed E-state index contributed by atoms with van der Waals surface area (Å²) in [5, 5.41) is 28.8. The molecule has 1 aliphatic carbocycles. The molecule has 0 aromatic heterocycles. The first-order valence-electron chi connectivity index (χ1n) is 13.2. The van der Waals surface area contributed by atoms with Crippen LogP contribution < -0.4 is 0 Å². The second kappa shape index (κ2) is 13.7. The number of rotatable bonds is 14. The van der Waals surface area contributed by atoms with Gasteiger partial charge in [-0.3, -0.25) is 24.0 Å². The first kappa shape index (κ1) is 30.3. The van der Waals surface area contributed by atoms with E-state index >= 15 is 0 Å². The number of carbonyl (C=O) groups excluding carboxylic acids is 2. The summed E-state index contributed by atoms with van der Waals surface area (Å²) in [6, 6.07) is 18.7. The van der Waals surface area contributed by atoms with Gasteiger partial charge in [-0.15, -0.1) is 0 Å². The minimum atomic E-state index is -1.70. The summed E-state index contributed by atoms with van der Waals surface area (Å²) in [6.07, 6.45) is 1.04. The third kappa shape index (κ3) is 7.46. The summed E-state index contributed by atoms with van der Waals surface area (Å²) >= 11 is 0. The van der Waals surface area contributed by atoms with Crippen LogP contribution in [0.4, 0.5) is 0 Å². The molecule has 0 heterocycles. The zero-order valence-corrected chi connectivity index (χ0v) is 22.5. The van der Waals surface area contributed by atoms with Gasteiger partial charge >= 0.3 is 23.9 Å². The maximum atomic E-state index is 13.7. The highest BCUT2D eigenvalue weighted by molar-refractivity contribution is 5.98. The zero-order chi connectivity index (χ0) is 29.4. The van der Waals surface area contributed by atoms with Crippen molar-refractivity contribution < 1.29 is 44.0 Å². The second-order valence-corrected chi connectivity index (χ2v) is 10.3. The Labute approximate surface area is 232 Å². The van der Waals surface area contributed by atoms with Crippen molar-refractivity contribution in [2.24, 2.45) is 29.6 Å². The summed E-state index contributed by atoms with van der Waals surface area (Å²) in [7, 11) is 0. The number of hydrogen-bond acceptors (Lipinski definition) is 6. The Morgan fingerprint density at radius 3 is 1.73 bits per heavy atom. The van der Waals surface area contributed by atoms with E-state index in [1.807, 2.05) is 37.3 Å². The van der Waals surface area contributed by atoms with E-state index in [0.717, 1.165) is 11.1 Å². The van der Waals surface area contributed by atoms with Crippen molar-refractivity contribution in [3.05, 3.63) is 71.8 Å². The molecule has 0 unspecified atom stereocenters. The lowest BCUT2D eigenvalue weighted by molar-refractivity contribution is -0.189. The average Bonchev–Trinajstić information content (AvgIpc) is 2.87. The molecule has 10 nitrogen and oxygen atoms in total. The number of amides is 1. The van der Waals surface area contributed by atoms with Gasteiger partial charge in [0.05, 0.1) is 23.7 Å². The Morgan fingerprint density at radius 1 is 0.775 bits per heavy atom. The van der Waals surface area contributed by atoms with E-state index < -0.39 is 59.6 Å². The lowest BCUT2D eigenvalue weighted by atomic mass is 9.56. The molecule has 0 aliphatic heterocycles. The highest BCUT2D eigenvalue weighted by atomic mass is 16.5. The van der Waals surface area contributed by atoms with Crippen LogP contribution in [0.15, 0.2) is 60.7 Å². The van der Waals surface area contributed by atoms with E-state index in [-0.39, 0.29) is 19.0 Å². The van der Waals surface area contributed by atoms with Crippen LogP contribution in [0.5, 0.6) is 0 Å². The van der Waals surface area contributed by atoms with E-state index in [4.69, 9.17) is 4.74 Å². The number of ether oxygens (including phenoxy) is 1. The van der Waals surface area contributed by atoms with Crippen molar-refractivity contribution in [2.75, 3.05) is 6.54 Å². The third-order valence-electron chi connectivity index (χ3n) is 7.49. The van der Waals surface area contributed by atoms with Crippen LogP contribution in [0.2, 0.25) is 0 Å². The van der Waals surface area contributed by atoms with Gasteiger partial charge in [0.1, 0.15) is 6.10 Å². The molecule has 1 amide bonds. The number of nitrogens with zero attached hydrogens (tertiary/aromatic N) is 1. The lowest BCUT2D eigenvalue weighted by Crippen LogP contribution is -2.62. The number of hydrogen-bond donors (Lipinski definition) is 3. The fourth-order valence-electron chi connectivity index (χ4n) is 5.53. The van der Waals surface area contributed by atoms with Crippen molar-refractivity contribution in [1.82, 2.24) is 4.90 Å². The second-order valence-electron chi connectivity index (χ2n) is 10.3. The van der Waals surface area contributed by atoms with Crippen molar-refractivity contribution in [3.63, 3.8) is 0 Å². The number of carbonyl (C=O) groups is 5. The Bertz CT molecular complexity index is 1180. The molecule has 0 radical (unpaired) electrons. The van der Waals surface area contributed by atoms with E-state index in [9.17, 15) is 39.3 Å². The first-order valence-corrected chi connectivity index (χ1v) is 13.2. The van der Waals surface area contributed by atoms with Crippen LogP contribution in [-0.2, 0) is 41.7 Å². The molecule has 1 fully saturated rings. The van der Waals surface area contributed by atoms with Gasteiger partial charge in [0, 0.05) is 20.0 Å². The Morgan fingerprint density at radius 2 is 1.25 bits per heavy atom. The van der Waals surface area contributed by atoms with Crippen LogP contribution in [0, 0.1) is 29.6 Å². The smallest absolute Gasteiger partial charge is 0.308 e. The molecule has 2 aromatic carbocycles. The molecule has 40 heavy (non-hydrogen) atoms. The molecule has 4 atom stereocenters. The van der Waals surface area contributed by atoms with E-state index in [1.54, 1.807) is 30.3 Å². The number of carboxylic acid groups (broad SMARTS) is 3. The predicted molar refractivity (Wildman–Crippen MR) is 143 cm³/mol. The fraction of sp³-hybridized carbons (Fsp3) is 0.433. The maximum absolute atomic E-state index is 13.7. The van der Waals surface area contributed by atoms with Gasteiger partial charge in [0.2, 0.25) is 5.91 Å². The maximum Gasteiger partial charge on any atom is 0.308 e. The molecule has 10 heteroatoms. The largest absolute Gasteiger partial charge is 0.481 e. The van der Waals surface area contributed by atoms with Gasteiger partial charge in [-0.1, -0.05) is 67.6 Å². The molecule has 3 N–H and O–H groups in total. The van der Waals surface area contributed by atoms with Crippen LogP contribution >= 0.6 is 0 Å². The molecule has 0 bridgehead atoms. The van der Waals surface area contributed by atoms with E-state index in [0.29, 0.717) is 19.3 Å². The average molecular weight is 554 g/mol. The lowest BCUT2D eigenvalue weighted by Gasteiger charge is -2.45. The Hall–Kier alpha value is -4.21. The van der Waals surface area contributed by atoms with Crippen LogP contribution in [0.25, 0.3) is 0 Å². The molecular formula is C30H35NO9. The normalized spacial score (nSPS) is 21.4. The van der Waals surface area contributed by atoms with Crippen molar-refractivity contribution in [3.8, 4) is 0 Å². The molecular weight excluding hydrogens is 518 g/mol. The molecule has 3 rings (SSSR count). The molecule has 2 aromatic rings. The van der Waals surface area contributed by atoms with Gasteiger partial charge in [-0.25, -0.2) is 0 Å². The summed E-state index contributed by atoms with van der Waals surface area (Å²) in [5.41, 5.74) is 1.84. The van der Waals surface area contributed by atoms with Crippen molar-refractivity contribution in [2.45, 2.75) is 45.8 Å². The number of carboxylic acids is 3. The minimum Gasteiger partial charge on any atom is -0.481 e. The topological polar surface area (TPSA) is 159 Å². The summed E-state index contributed by atoms with van der Waals surface area (Å²) in [4.78, 5) is 62.4. The van der Waals surface area contributed by atoms with Gasteiger partial charge in [-0.05, 0) is 36.3 Å². The van der Waals surface area contributed by atoms with E-state index in [2.05, 4.69) is 0 Å². The highest BCUT2D eigenvalue weighted by Crippen LogP contribution is 2.48. The molecule has 1 saturated carbocycles. The molecule has 214 valence electrons. The van der Waals surface area contributed by atoms with Crippen LogP contribution in [0.1, 0.15) is 37.8 Å².